The summed E-state index contributed by atoms with van der Waals surface area (Å²) in [5.74, 6) is 1.42. The zero-order chi connectivity index (χ0) is 12.0. The molecule has 0 atom stereocenters. The summed E-state index contributed by atoms with van der Waals surface area (Å²) in [6, 6.07) is 5.74. The van der Waals surface area contributed by atoms with Crippen LogP contribution in [0.1, 0.15) is 5.56 Å². The van der Waals surface area contributed by atoms with Crippen LogP contribution < -0.4 is 9.47 Å². The van der Waals surface area contributed by atoms with Crippen LogP contribution in [-0.2, 0) is 11.3 Å². The SMILES string of the molecule is COc1ccc(CN(C)CC=O)cc1OC. The van der Waals surface area contributed by atoms with Gasteiger partial charge in [-0.15, -0.1) is 0 Å². The molecule has 0 radical (unpaired) electrons. The molecule has 0 N–H and O–H groups in total. The topological polar surface area (TPSA) is 38.8 Å². The molecular formula is C12H17NO3. The highest BCUT2D eigenvalue weighted by Gasteiger charge is 2.06. The number of hydrogen-bond donors (Lipinski definition) is 0. The molecule has 0 aliphatic rings. The largest absolute Gasteiger partial charge is 0.493 e. The third kappa shape index (κ3) is 3.24. The van der Waals surface area contributed by atoms with Gasteiger partial charge in [0.1, 0.15) is 6.29 Å². The molecule has 4 nitrogen and oxygen atoms in total. The first-order valence-electron chi connectivity index (χ1n) is 5.04. The summed E-state index contributed by atoms with van der Waals surface area (Å²) in [6.45, 7) is 1.13. The summed E-state index contributed by atoms with van der Waals surface area (Å²) in [7, 11) is 5.11. The first kappa shape index (κ1) is 12.5. The van der Waals surface area contributed by atoms with Crippen LogP contribution in [0.4, 0.5) is 0 Å². The van der Waals surface area contributed by atoms with Gasteiger partial charge in [0.15, 0.2) is 11.5 Å². The number of hydrogen-bond acceptors (Lipinski definition) is 4. The van der Waals surface area contributed by atoms with Crippen LogP contribution in [0, 0.1) is 0 Å². The average Bonchev–Trinajstić information content (AvgIpc) is 2.29. The third-order valence-corrected chi connectivity index (χ3v) is 2.29. The Morgan fingerprint density at radius 2 is 1.94 bits per heavy atom. The van der Waals surface area contributed by atoms with Crippen LogP contribution in [0.5, 0.6) is 11.5 Å². The predicted molar refractivity (Wildman–Crippen MR) is 61.9 cm³/mol. The molecule has 0 aromatic heterocycles. The Bertz CT molecular complexity index is 352. The molecule has 1 aromatic rings. The molecule has 0 spiro atoms. The van der Waals surface area contributed by atoms with E-state index in [1.165, 1.54) is 0 Å². The summed E-state index contributed by atoms with van der Waals surface area (Å²) in [4.78, 5) is 12.3. The van der Waals surface area contributed by atoms with E-state index in [1.807, 2.05) is 30.1 Å². The number of likely N-dealkylation sites (N-methyl/N-ethyl adjacent to an activating group) is 1. The minimum Gasteiger partial charge on any atom is -0.493 e. The van der Waals surface area contributed by atoms with E-state index in [4.69, 9.17) is 9.47 Å². The number of ether oxygens (including phenoxy) is 2. The number of nitrogens with zero attached hydrogens (tertiary/aromatic N) is 1. The lowest BCUT2D eigenvalue weighted by atomic mass is 10.2. The number of carbonyl (C=O) groups is 1. The average molecular weight is 223 g/mol. The van der Waals surface area contributed by atoms with Gasteiger partial charge in [-0.25, -0.2) is 0 Å². The number of benzene rings is 1. The van der Waals surface area contributed by atoms with Gasteiger partial charge in [-0.2, -0.15) is 0 Å². The molecule has 88 valence electrons. The second-order valence-corrected chi connectivity index (χ2v) is 3.55. The van der Waals surface area contributed by atoms with Gasteiger partial charge < -0.3 is 14.3 Å². The van der Waals surface area contributed by atoms with Gasteiger partial charge in [0.25, 0.3) is 0 Å². The van der Waals surface area contributed by atoms with Crippen molar-refractivity contribution >= 4 is 6.29 Å². The monoisotopic (exact) mass is 223 g/mol. The van der Waals surface area contributed by atoms with Crippen LogP contribution in [0.2, 0.25) is 0 Å². The minimum atomic E-state index is 0.425. The van der Waals surface area contributed by atoms with E-state index in [0.717, 1.165) is 11.8 Å². The van der Waals surface area contributed by atoms with Crippen molar-refractivity contribution in [3.8, 4) is 11.5 Å². The summed E-state index contributed by atoms with van der Waals surface area (Å²) < 4.78 is 10.4. The lowest BCUT2D eigenvalue weighted by molar-refractivity contribution is -0.108. The maximum absolute atomic E-state index is 10.3. The number of carbonyl (C=O) groups excluding carboxylic acids is 1. The molecule has 0 aliphatic carbocycles. The van der Waals surface area contributed by atoms with Crippen molar-refractivity contribution < 1.29 is 14.3 Å². The van der Waals surface area contributed by atoms with Crippen LogP contribution in [0.25, 0.3) is 0 Å². The van der Waals surface area contributed by atoms with Gasteiger partial charge in [0, 0.05) is 6.54 Å². The maximum Gasteiger partial charge on any atom is 0.161 e. The normalized spacial score (nSPS) is 10.2. The Morgan fingerprint density at radius 1 is 1.25 bits per heavy atom. The van der Waals surface area contributed by atoms with Gasteiger partial charge in [0.05, 0.1) is 20.8 Å². The first-order chi connectivity index (χ1) is 7.71. The predicted octanol–water partition coefficient (Wildman–Crippen LogP) is 1.33. The van der Waals surface area contributed by atoms with Gasteiger partial charge in [0.2, 0.25) is 0 Å². The van der Waals surface area contributed by atoms with Crippen LogP contribution in [-0.4, -0.2) is 39.0 Å². The molecule has 0 saturated heterocycles. The molecule has 0 heterocycles. The fourth-order valence-corrected chi connectivity index (χ4v) is 1.48. The molecule has 4 heteroatoms. The lowest BCUT2D eigenvalue weighted by Gasteiger charge is -2.14. The van der Waals surface area contributed by atoms with Crippen molar-refractivity contribution in [2.75, 3.05) is 27.8 Å². The minimum absolute atomic E-state index is 0.425. The Labute approximate surface area is 95.8 Å². The van der Waals surface area contributed by atoms with Crippen LogP contribution >= 0.6 is 0 Å². The second-order valence-electron chi connectivity index (χ2n) is 3.55. The van der Waals surface area contributed by atoms with Crippen molar-refractivity contribution in [3.63, 3.8) is 0 Å². The Balaban J connectivity index is 2.78. The maximum atomic E-state index is 10.3. The zero-order valence-electron chi connectivity index (χ0n) is 9.90. The van der Waals surface area contributed by atoms with E-state index in [2.05, 4.69) is 0 Å². The van der Waals surface area contributed by atoms with Gasteiger partial charge in [-0.3, -0.25) is 4.90 Å². The van der Waals surface area contributed by atoms with Gasteiger partial charge in [-0.05, 0) is 24.7 Å². The fourth-order valence-electron chi connectivity index (χ4n) is 1.48. The molecule has 0 saturated carbocycles. The standard InChI is InChI=1S/C12H17NO3/c1-13(6-7-14)9-10-4-5-11(15-2)12(8-10)16-3/h4-5,7-8H,6,9H2,1-3H3. The van der Waals surface area contributed by atoms with Gasteiger partial charge in [-0.1, -0.05) is 6.07 Å². The fraction of sp³-hybridized carbons (Fsp3) is 0.417. The third-order valence-electron chi connectivity index (χ3n) is 2.29. The summed E-state index contributed by atoms with van der Waals surface area (Å²) in [6.07, 6.45) is 0.890. The van der Waals surface area contributed by atoms with Crippen molar-refractivity contribution in [1.29, 1.82) is 0 Å². The lowest BCUT2D eigenvalue weighted by Crippen LogP contribution is -2.19. The molecule has 0 unspecified atom stereocenters. The summed E-state index contributed by atoms with van der Waals surface area (Å²) in [5, 5.41) is 0. The zero-order valence-corrected chi connectivity index (χ0v) is 9.90. The molecule has 16 heavy (non-hydrogen) atoms. The van der Waals surface area contributed by atoms with Crippen LogP contribution in [0.3, 0.4) is 0 Å². The van der Waals surface area contributed by atoms with E-state index >= 15 is 0 Å². The highest BCUT2D eigenvalue weighted by atomic mass is 16.5. The van der Waals surface area contributed by atoms with E-state index < -0.39 is 0 Å². The molecular weight excluding hydrogens is 206 g/mol. The highest BCUT2D eigenvalue weighted by Crippen LogP contribution is 2.27. The Hall–Kier alpha value is -1.55. The molecule has 0 bridgehead atoms. The molecule has 0 amide bonds. The first-order valence-corrected chi connectivity index (χ1v) is 5.04. The van der Waals surface area contributed by atoms with Crippen molar-refractivity contribution in [2.45, 2.75) is 6.54 Å². The van der Waals surface area contributed by atoms with E-state index in [0.29, 0.717) is 24.6 Å². The second kappa shape index (κ2) is 6.12. The summed E-state index contributed by atoms with van der Waals surface area (Å²) in [5.41, 5.74) is 1.09. The number of methoxy groups -OCH3 is 2. The van der Waals surface area contributed by atoms with E-state index in [-0.39, 0.29) is 0 Å². The van der Waals surface area contributed by atoms with Crippen molar-refractivity contribution in [2.24, 2.45) is 0 Å². The smallest absolute Gasteiger partial charge is 0.161 e. The Kier molecular flexibility index (Phi) is 4.79. The number of rotatable bonds is 6. The van der Waals surface area contributed by atoms with Crippen LogP contribution in [0.15, 0.2) is 18.2 Å². The van der Waals surface area contributed by atoms with E-state index in [9.17, 15) is 4.79 Å². The highest BCUT2D eigenvalue weighted by molar-refractivity contribution is 5.52. The molecule has 0 fully saturated rings. The quantitative estimate of drug-likeness (QED) is 0.682. The van der Waals surface area contributed by atoms with Crippen molar-refractivity contribution in [1.82, 2.24) is 4.90 Å². The molecule has 1 aromatic carbocycles. The van der Waals surface area contributed by atoms with Gasteiger partial charge >= 0.3 is 0 Å². The molecule has 1 rings (SSSR count). The van der Waals surface area contributed by atoms with Crippen molar-refractivity contribution in [3.05, 3.63) is 23.8 Å². The van der Waals surface area contributed by atoms with E-state index in [1.54, 1.807) is 14.2 Å². The molecule has 0 aliphatic heterocycles. The Morgan fingerprint density at radius 3 is 2.50 bits per heavy atom. The summed E-state index contributed by atoms with van der Waals surface area (Å²) >= 11 is 0. The number of aldehydes is 1.